The fraction of sp³-hybridized carbons (Fsp3) is 1.00. The molecule has 39 valence electrons. The van der Waals surface area contributed by atoms with Gasteiger partial charge < -0.3 is 5.73 Å². The number of hydrogen-bond acceptors (Lipinski definition) is 0. The van der Waals surface area contributed by atoms with Gasteiger partial charge in [-0.15, -0.1) is 0 Å². The molecule has 1 nitrogen and oxygen atoms in total. The minimum atomic E-state index is 0. The van der Waals surface area contributed by atoms with Crippen molar-refractivity contribution in [3.8, 4) is 0 Å². The van der Waals surface area contributed by atoms with E-state index in [0.29, 0.717) is 6.54 Å². The molecule has 0 fully saturated rings. The molecule has 0 saturated heterocycles. The molecule has 0 rings (SSSR count). The van der Waals surface area contributed by atoms with Crippen molar-refractivity contribution in [3.05, 3.63) is 5.73 Å². The van der Waals surface area contributed by atoms with E-state index < -0.39 is 0 Å². The van der Waals surface area contributed by atoms with Crippen LogP contribution < -0.4 is 0 Å². The maximum atomic E-state index is 6.60. The third-order valence-corrected chi connectivity index (χ3v) is 0.530. The number of hydrogen-bond donors (Lipinski definition) is 0. The quantitative estimate of drug-likeness (QED) is 0.569. The Morgan fingerprint density at radius 1 is 1.50 bits per heavy atom. The fourth-order valence-corrected chi connectivity index (χ4v) is 0.177. The van der Waals surface area contributed by atoms with Crippen molar-refractivity contribution >= 4 is 0 Å². The van der Waals surface area contributed by atoms with Crippen LogP contribution in [0.25, 0.3) is 5.73 Å². The Balaban J connectivity index is 0. The normalized spacial score (nSPS) is 7.00. The van der Waals surface area contributed by atoms with Crippen LogP contribution in [0.3, 0.4) is 0 Å². The zero-order chi connectivity index (χ0) is 4.12. The second kappa shape index (κ2) is 9.13. The van der Waals surface area contributed by atoms with Gasteiger partial charge in [0.15, 0.2) is 0 Å². The first-order valence-corrected chi connectivity index (χ1v) is 2.06. The third kappa shape index (κ3) is 8.82. The van der Waals surface area contributed by atoms with E-state index >= 15 is 0 Å². The van der Waals surface area contributed by atoms with Crippen LogP contribution in [0.1, 0.15) is 19.8 Å². The van der Waals surface area contributed by atoms with E-state index in [1.165, 1.54) is 0 Å². The van der Waals surface area contributed by atoms with Crippen molar-refractivity contribution in [3.63, 3.8) is 0 Å². The number of unbranched alkanes of at least 4 members (excludes halogenated alkanes) is 1. The summed E-state index contributed by atoms with van der Waals surface area (Å²) in [5.41, 5.74) is 6.60. The van der Waals surface area contributed by atoms with Crippen molar-refractivity contribution in [2.24, 2.45) is 0 Å². The summed E-state index contributed by atoms with van der Waals surface area (Å²) in [6.07, 6.45) is 2.21. The second-order valence-electron chi connectivity index (χ2n) is 1.10. The standard InChI is InChI=1S/C4H10N.Ru/c1-2-3-4-5;/h5H,2-4H2,1H3;/q-1;+1. The molecule has 0 aromatic heterocycles. The van der Waals surface area contributed by atoms with Gasteiger partial charge >= 0.3 is 19.5 Å². The molecule has 0 amide bonds. The largest absolute Gasteiger partial charge is 1.00 e. The van der Waals surface area contributed by atoms with Crippen molar-refractivity contribution in [2.75, 3.05) is 6.54 Å². The first-order chi connectivity index (χ1) is 2.41. The molecular formula is C4H10NRu. The minimum absolute atomic E-state index is 0. The number of nitrogens with one attached hydrogen (secondary N) is 1. The first kappa shape index (κ1) is 9.77. The van der Waals surface area contributed by atoms with Crippen molar-refractivity contribution in [1.82, 2.24) is 0 Å². The van der Waals surface area contributed by atoms with Gasteiger partial charge in [0.1, 0.15) is 0 Å². The van der Waals surface area contributed by atoms with Crippen LogP contribution in [0, 0.1) is 0 Å². The average molecular weight is 173 g/mol. The van der Waals surface area contributed by atoms with Crippen molar-refractivity contribution < 1.29 is 19.5 Å². The molecule has 0 bridgehead atoms. The molecule has 0 spiro atoms. The maximum Gasteiger partial charge on any atom is 1.00 e. The van der Waals surface area contributed by atoms with E-state index in [1.54, 1.807) is 0 Å². The zero-order valence-electron chi connectivity index (χ0n) is 3.97. The number of rotatable bonds is 2. The fourth-order valence-electron chi connectivity index (χ4n) is 0.177. The third-order valence-electron chi connectivity index (χ3n) is 0.530. The molecule has 0 heterocycles. The monoisotopic (exact) mass is 174 g/mol. The molecular weight excluding hydrogens is 163 g/mol. The van der Waals surface area contributed by atoms with Crippen LogP contribution in [0.4, 0.5) is 0 Å². The molecule has 6 heavy (non-hydrogen) atoms. The molecule has 0 aromatic rings. The van der Waals surface area contributed by atoms with E-state index in [0.717, 1.165) is 12.8 Å². The molecule has 2 heteroatoms. The summed E-state index contributed by atoms with van der Waals surface area (Å²) >= 11 is 0. The summed E-state index contributed by atoms with van der Waals surface area (Å²) in [6.45, 7) is 2.69. The smallest absolute Gasteiger partial charge is 0.677 e. The summed E-state index contributed by atoms with van der Waals surface area (Å²) in [7, 11) is 0. The molecule has 0 saturated carbocycles. The molecule has 1 N–H and O–H groups in total. The van der Waals surface area contributed by atoms with Crippen LogP contribution in [0.15, 0.2) is 0 Å². The SMILES string of the molecule is CCCC[NH-].[Ru+]. The van der Waals surface area contributed by atoms with Gasteiger partial charge in [0.2, 0.25) is 0 Å². The predicted octanol–water partition coefficient (Wildman–Crippen LogP) is 1.84. The van der Waals surface area contributed by atoms with Crippen LogP contribution in [-0.2, 0) is 19.5 Å². The summed E-state index contributed by atoms with van der Waals surface area (Å²) in [5, 5.41) is 0. The summed E-state index contributed by atoms with van der Waals surface area (Å²) in [5.74, 6) is 0. The molecule has 0 aliphatic heterocycles. The van der Waals surface area contributed by atoms with Gasteiger partial charge in [0.05, 0.1) is 0 Å². The Kier molecular flexibility index (Phi) is 14.9. The van der Waals surface area contributed by atoms with Gasteiger partial charge in [-0.3, -0.25) is 0 Å². The minimum Gasteiger partial charge on any atom is -0.677 e. The Hall–Kier alpha value is 0.583. The molecule has 0 atom stereocenters. The van der Waals surface area contributed by atoms with Gasteiger partial charge in [-0.2, -0.15) is 6.54 Å². The molecule has 0 unspecified atom stereocenters. The Labute approximate surface area is 52.1 Å². The van der Waals surface area contributed by atoms with Gasteiger partial charge in [0.25, 0.3) is 0 Å². The maximum absolute atomic E-state index is 6.60. The summed E-state index contributed by atoms with van der Waals surface area (Å²) in [4.78, 5) is 0. The second-order valence-corrected chi connectivity index (χ2v) is 1.10. The van der Waals surface area contributed by atoms with Crippen molar-refractivity contribution in [1.29, 1.82) is 0 Å². The predicted molar refractivity (Wildman–Crippen MR) is 24.1 cm³/mol. The van der Waals surface area contributed by atoms with Crippen LogP contribution >= 0.6 is 0 Å². The molecule has 0 aliphatic rings. The van der Waals surface area contributed by atoms with E-state index in [1.807, 2.05) is 0 Å². The van der Waals surface area contributed by atoms with Crippen LogP contribution in [0.5, 0.6) is 0 Å². The first-order valence-electron chi connectivity index (χ1n) is 2.06. The molecule has 0 aliphatic carbocycles. The zero-order valence-corrected chi connectivity index (χ0v) is 5.71. The van der Waals surface area contributed by atoms with Gasteiger partial charge in [-0.1, -0.05) is 19.8 Å². The Morgan fingerprint density at radius 3 is 2.00 bits per heavy atom. The van der Waals surface area contributed by atoms with E-state index in [9.17, 15) is 0 Å². The topological polar surface area (TPSA) is 23.8 Å². The van der Waals surface area contributed by atoms with E-state index in [4.69, 9.17) is 5.73 Å². The van der Waals surface area contributed by atoms with Crippen molar-refractivity contribution in [2.45, 2.75) is 19.8 Å². The van der Waals surface area contributed by atoms with Crippen LogP contribution in [0.2, 0.25) is 0 Å². The van der Waals surface area contributed by atoms with E-state index in [-0.39, 0.29) is 19.5 Å². The van der Waals surface area contributed by atoms with Gasteiger partial charge in [-0.05, 0) is 0 Å². The van der Waals surface area contributed by atoms with Crippen LogP contribution in [-0.4, -0.2) is 6.54 Å². The average Bonchev–Trinajstić information content (AvgIpc) is 1.41. The van der Waals surface area contributed by atoms with Gasteiger partial charge in [0, 0.05) is 0 Å². The summed E-state index contributed by atoms with van der Waals surface area (Å²) in [6, 6.07) is 0. The van der Waals surface area contributed by atoms with E-state index in [2.05, 4.69) is 6.92 Å². The van der Waals surface area contributed by atoms with Gasteiger partial charge in [-0.25, -0.2) is 0 Å². The Bertz CT molecular complexity index is 15.0. The molecule has 1 radical (unpaired) electrons. The molecule has 0 aromatic carbocycles. The summed E-state index contributed by atoms with van der Waals surface area (Å²) < 4.78 is 0. The Morgan fingerprint density at radius 2 is 2.00 bits per heavy atom.